The first-order chi connectivity index (χ1) is 17.3. The zero-order valence-electron chi connectivity index (χ0n) is 19.6. The predicted molar refractivity (Wildman–Crippen MR) is 131 cm³/mol. The number of benzene rings is 2. The molecule has 1 saturated heterocycles. The van der Waals surface area contributed by atoms with E-state index in [2.05, 4.69) is 0 Å². The maximum Gasteiger partial charge on any atom is 0.416 e. The predicted octanol–water partition coefficient (Wildman–Crippen LogP) is 5.62. The van der Waals surface area contributed by atoms with Crippen molar-refractivity contribution in [3.63, 3.8) is 0 Å². The summed E-state index contributed by atoms with van der Waals surface area (Å²) in [5.74, 6) is -0.911. The highest BCUT2D eigenvalue weighted by molar-refractivity contribution is 7.09. The summed E-state index contributed by atoms with van der Waals surface area (Å²) in [6, 6.07) is 17.7. The van der Waals surface area contributed by atoms with E-state index in [0.29, 0.717) is 19.7 Å². The Morgan fingerprint density at radius 1 is 0.972 bits per heavy atom. The fourth-order valence-corrected chi connectivity index (χ4v) is 4.87. The van der Waals surface area contributed by atoms with Crippen LogP contribution in [0.3, 0.4) is 0 Å². The van der Waals surface area contributed by atoms with Crippen LogP contribution in [0.25, 0.3) is 0 Å². The topological polar surface area (TPSA) is 49.9 Å². The number of amides is 2. The van der Waals surface area contributed by atoms with E-state index >= 15 is 0 Å². The minimum absolute atomic E-state index is 0.108. The lowest BCUT2D eigenvalue weighted by atomic mass is 10.1. The molecule has 1 atom stereocenters. The molecule has 0 spiro atoms. The number of carbonyl (C=O) groups excluding carboxylic acids is 2. The van der Waals surface area contributed by atoms with Gasteiger partial charge >= 0.3 is 6.18 Å². The van der Waals surface area contributed by atoms with Crippen LogP contribution in [0.2, 0.25) is 0 Å². The van der Waals surface area contributed by atoms with Crippen LogP contribution in [0, 0.1) is 0 Å². The first-order valence-electron chi connectivity index (χ1n) is 11.7. The Hall–Kier alpha value is -3.17. The number of ether oxygens (including phenoxy) is 1. The molecule has 9 heteroatoms. The Labute approximate surface area is 212 Å². The van der Waals surface area contributed by atoms with Crippen LogP contribution in [-0.4, -0.2) is 47.4 Å². The van der Waals surface area contributed by atoms with E-state index < -0.39 is 17.6 Å². The smallest absolute Gasteiger partial charge is 0.376 e. The van der Waals surface area contributed by atoms with Gasteiger partial charge < -0.3 is 14.5 Å². The molecule has 2 heterocycles. The summed E-state index contributed by atoms with van der Waals surface area (Å²) in [5.41, 5.74) is -0.0686. The van der Waals surface area contributed by atoms with E-state index in [-0.39, 0.29) is 30.7 Å². The van der Waals surface area contributed by atoms with Crippen LogP contribution < -0.4 is 0 Å². The second kappa shape index (κ2) is 11.7. The maximum absolute atomic E-state index is 13.5. The third-order valence-corrected chi connectivity index (χ3v) is 6.86. The quantitative estimate of drug-likeness (QED) is 0.371. The number of rotatable bonds is 9. The number of halogens is 3. The Morgan fingerprint density at radius 2 is 1.78 bits per heavy atom. The number of alkyl halides is 3. The van der Waals surface area contributed by atoms with Gasteiger partial charge in [0.05, 0.1) is 18.2 Å². The van der Waals surface area contributed by atoms with Gasteiger partial charge in [0.1, 0.15) is 6.54 Å². The van der Waals surface area contributed by atoms with Gasteiger partial charge in [-0.15, -0.1) is 11.3 Å². The van der Waals surface area contributed by atoms with Crippen molar-refractivity contribution in [3.8, 4) is 0 Å². The molecule has 1 aromatic heterocycles. The van der Waals surface area contributed by atoms with Crippen LogP contribution in [0.4, 0.5) is 13.2 Å². The molecule has 190 valence electrons. The largest absolute Gasteiger partial charge is 0.416 e. The molecule has 0 aliphatic carbocycles. The molecule has 36 heavy (non-hydrogen) atoms. The first-order valence-corrected chi connectivity index (χ1v) is 12.6. The number of hydrogen-bond donors (Lipinski definition) is 0. The highest BCUT2D eigenvalue weighted by Crippen LogP contribution is 2.30. The van der Waals surface area contributed by atoms with E-state index in [4.69, 9.17) is 4.74 Å². The fraction of sp³-hybridized carbons (Fsp3) is 0.333. The molecule has 0 N–H and O–H groups in total. The lowest BCUT2D eigenvalue weighted by Gasteiger charge is -2.29. The van der Waals surface area contributed by atoms with Gasteiger partial charge in [-0.25, -0.2) is 0 Å². The van der Waals surface area contributed by atoms with Gasteiger partial charge in [0.25, 0.3) is 5.91 Å². The van der Waals surface area contributed by atoms with Crippen LogP contribution in [0.1, 0.15) is 39.2 Å². The van der Waals surface area contributed by atoms with Gasteiger partial charge in [0.2, 0.25) is 5.91 Å². The van der Waals surface area contributed by atoms with Crippen LogP contribution in [0.5, 0.6) is 0 Å². The Kier molecular flexibility index (Phi) is 8.43. The second-order valence-corrected chi connectivity index (χ2v) is 9.75. The fourth-order valence-electron chi connectivity index (χ4n) is 4.15. The number of nitrogens with zero attached hydrogens (tertiary/aromatic N) is 2. The van der Waals surface area contributed by atoms with Crippen LogP contribution >= 0.6 is 11.3 Å². The van der Waals surface area contributed by atoms with Crippen molar-refractivity contribution in [1.82, 2.24) is 9.80 Å². The van der Waals surface area contributed by atoms with E-state index in [1.165, 1.54) is 28.4 Å². The molecule has 0 radical (unpaired) electrons. The highest BCUT2D eigenvalue weighted by Gasteiger charge is 2.32. The molecule has 1 unspecified atom stereocenters. The van der Waals surface area contributed by atoms with Gasteiger partial charge in [0.15, 0.2) is 0 Å². The number of carbonyl (C=O) groups is 2. The first kappa shape index (κ1) is 25.9. The lowest BCUT2D eigenvalue weighted by Crippen LogP contribution is -2.45. The average molecular weight is 517 g/mol. The van der Waals surface area contributed by atoms with E-state index in [0.717, 1.165) is 35.4 Å². The SMILES string of the molecule is O=C(CN(CC1CCCO1)C(=O)c1cccc(C(F)(F)F)c1)N(Cc1ccccc1)Cc1cccs1. The summed E-state index contributed by atoms with van der Waals surface area (Å²) in [6.45, 7) is 1.16. The molecule has 0 saturated carbocycles. The molecule has 2 aromatic carbocycles. The zero-order valence-corrected chi connectivity index (χ0v) is 20.4. The molecule has 5 nitrogen and oxygen atoms in total. The van der Waals surface area contributed by atoms with Crippen molar-refractivity contribution in [2.45, 2.75) is 38.2 Å². The van der Waals surface area contributed by atoms with Crippen molar-refractivity contribution in [2.24, 2.45) is 0 Å². The monoisotopic (exact) mass is 516 g/mol. The second-order valence-electron chi connectivity index (χ2n) is 8.71. The molecule has 0 bridgehead atoms. The summed E-state index contributed by atoms with van der Waals surface area (Å²) in [5, 5.41) is 1.93. The van der Waals surface area contributed by atoms with Crippen molar-refractivity contribution in [2.75, 3.05) is 19.7 Å². The molecule has 2 amide bonds. The van der Waals surface area contributed by atoms with Crippen LogP contribution in [-0.2, 0) is 28.8 Å². The average Bonchev–Trinajstić information content (AvgIpc) is 3.57. The molecule has 3 aromatic rings. The van der Waals surface area contributed by atoms with Crippen molar-refractivity contribution >= 4 is 23.2 Å². The Bertz CT molecular complexity index is 1150. The van der Waals surface area contributed by atoms with Crippen molar-refractivity contribution < 1.29 is 27.5 Å². The van der Waals surface area contributed by atoms with Gasteiger partial charge in [-0.2, -0.15) is 13.2 Å². The van der Waals surface area contributed by atoms with Gasteiger partial charge in [-0.05, 0) is 48.1 Å². The van der Waals surface area contributed by atoms with Crippen molar-refractivity contribution in [3.05, 3.63) is 93.7 Å². The number of hydrogen-bond acceptors (Lipinski definition) is 4. The van der Waals surface area contributed by atoms with Gasteiger partial charge in [0, 0.05) is 30.1 Å². The number of thiophene rings is 1. The molecule has 1 fully saturated rings. The molecular weight excluding hydrogens is 489 g/mol. The van der Waals surface area contributed by atoms with E-state index in [9.17, 15) is 22.8 Å². The molecule has 4 rings (SSSR count). The normalized spacial score (nSPS) is 15.6. The molecule has 1 aliphatic rings. The minimum atomic E-state index is -4.57. The van der Waals surface area contributed by atoms with Gasteiger partial charge in [-0.1, -0.05) is 42.5 Å². The summed E-state index contributed by atoms with van der Waals surface area (Å²) in [6.07, 6.45) is -3.27. The Balaban J connectivity index is 1.57. The standard InChI is InChI=1S/C27H27F3N2O3S/c28-27(29,30)22-10-4-9-21(15-22)26(34)32(17-23-11-5-13-35-23)19-25(33)31(18-24-12-6-14-36-24)16-20-7-2-1-3-8-20/h1-4,6-10,12,14-15,23H,5,11,13,16-19H2. The molecule has 1 aliphatic heterocycles. The van der Waals surface area contributed by atoms with Gasteiger partial charge in [-0.3, -0.25) is 9.59 Å². The van der Waals surface area contributed by atoms with E-state index in [1.54, 1.807) is 4.90 Å². The van der Waals surface area contributed by atoms with E-state index in [1.807, 2.05) is 47.8 Å². The highest BCUT2D eigenvalue weighted by atomic mass is 32.1. The summed E-state index contributed by atoms with van der Waals surface area (Å²) in [7, 11) is 0. The van der Waals surface area contributed by atoms with Crippen LogP contribution in [0.15, 0.2) is 72.1 Å². The maximum atomic E-state index is 13.5. The molecular formula is C27H27F3N2O3S. The third kappa shape index (κ3) is 6.95. The minimum Gasteiger partial charge on any atom is -0.376 e. The summed E-state index contributed by atoms with van der Waals surface area (Å²) < 4.78 is 45.4. The lowest BCUT2D eigenvalue weighted by molar-refractivity contribution is -0.137. The summed E-state index contributed by atoms with van der Waals surface area (Å²) >= 11 is 1.53. The summed E-state index contributed by atoms with van der Waals surface area (Å²) in [4.78, 5) is 30.9. The van der Waals surface area contributed by atoms with Crippen molar-refractivity contribution in [1.29, 1.82) is 0 Å². The zero-order chi connectivity index (χ0) is 25.5. The third-order valence-electron chi connectivity index (χ3n) is 5.99. The Morgan fingerprint density at radius 3 is 2.44 bits per heavy atom.